The number of nitrogens with zero attached hydrogens (tertiary/aromatic N) is 4. The van der Waals surface area contributed by atoms with Crippen molar-refractivity contribution in [3.63, 3.8) is 0 Å². The number of rotatable bonds is 2. The molecule has 0 N–H and O–H groups in total. The molecule has 210 valence electrons. The molecule has 0 aliphatic heterocycles. The van der Waals surface area contributed by atoms with Crippen LogP contribution in [-0.2, 0) is 7.05 Å². The molecule has 0 aliphatic carbocycles. The van der Waals surface area contributed by atoms with Crippen LogP contribution in [0.15, 0.2) is 140 Å². The van der Waals surface area contributed by atoms with E-state index in [9.17, 15) is 0 Å². The van der Waals surface area contributed by atoms with Crippen LogP contribution < -0.4 is 0 Å². The Hall–Kier alpha value is -6.00. The van der Waals surface area contributed by atoms with Gasteiger partial charge in [-0.3, -0.25) is 0 Å². The lowest BCUT2D eigenvalue weighted by Crippen LogP contribution is -1.94. The van der Waals surface area contributed by atoms with Gasteiger partial charge in [-0.15, -0.1) is 0 Å². The number of hydrogen-bond acceptors (Lipinski definition) is 0. The van der Waals surface area contributed by atoms with Gasteiger partial charge in [0.1, 0.15) is 0 Å². The van der Waals surface area contributed by atoms with E-state index < -0.39 is 0 Å². The highest BCUT2D eigenvalue weighted by molar-refractivity contribution is 6.36. The second kappa shape index (κ2) is 8.13. The highest BCUT2D eigenvalue weighted by Crippen LogP contribution is 2.48. The van der Waals surface area contributed by atoms with Gasteiger partial charge in [0, 0.05) is 56.3 Å². The molecule has 0 saturated heterocycles. The topological polar surface area (TPSA) is 19.2 Å². The van der Waals surface area contributed by atoms with Gasteiger partial charge in [-0.1, -0.05) is 84.9 Å². The Morgan fingerprint density at radius 2 is 0.822 bits per heavy atom. The third-order valence-corrected chi connectivity index (χ3v) is 10.1. The Morgan fingerprint density at radius 3 is 1.44 bits per heavy atom. The van der Waals surface area contributed by atoms with E-state index in [0.29, 0.717) is 0 Å². The van der Waals surface area contributed by atoms with Gasteiger partial charge in [-0.05, 0) is 54.6 Å². The molecule has 0 radical (unpaired) electrons. The van der Waals surface area contributed by atoms with Crippen molar-refractivity contribution >= 4 is 82.0 Å². The largest absolute Gasteiger partial charge is 0.344 e. The van der Waals surface area contributed by atoms with Crippen LogP contribution in [0.3, 0.4) is 0 Å². The molecule has 4 nitrogen and oxygen atoms in total. The first-order valence-corrected chi connectivity index (χ1v) is 15.5. The number of benzene rings is 6. The minimum absolute atomic E-state index is 1.16. The van der Waals surface area contributed by atoms with E-state index in [1.807, 2.05) is 0 Å². The lowest BCUT2D eigenvalue weighted by molar-refractivity contribution is 1.01. The molecule has 5 heterocycles. The molecule has 11 rings (SSSR count). The first-order chi connectivity index (χ1) is 22.3. The van der Waals surface area contributed by atoms with Crippen molar-refractivity contribution in [2.75, 3.05) is 0 Å². The number of aryl methyl sites for hydroxylation is 1. The summed E-state index contributed by atoms with van der Waals surface area (Å²) < 4.78 is 9.95. The van der Waals surface area contributed by atoms with Crippen molar-refractivity contribution in [1.29, 1.82) is 0 Å². The van der Waals surface area contributed by atoms with Gasteiger partial charge in [-0.2, -0.15) is 0 Å². The monoisotopic (exact) mass is 574 g/mol. The summed E-state index contributed by atoms with van der Waals surface area (Å²) in [6, 6.07) is 51.0. The number of aromatic nitrogens is 4. The molecule has 11 aromatic rings. The number of para-hydroxylation sites is 4. The first kappa shape index (κ1) is 23.5. The van der Waals surface area contributed by atoms with Crippen LogP contribution in [0.25, 0.3) is 93.3 Å². The maximum Gasteiger partial charge on any atom is 0.0805 e. The van der Waals surface area contributed by atoms with E-state index in [1.165, 1.54) is 87.7 Å². The molecule has 0 saturated carbocycles. The minimum Gasteiger partial charge on any atom is -0.344 e. The summed E-state index contributed by atoms with van der Waals surface area (Å²) in [6.45, 7) is 0. The Bertz CT molecular complexity index is 2970. The zero-order chi connectivity index (χ0) is 29.4. The molecule has 0 atom stereocenters. The average Bonchev–Trinajstić information content (AvgIpc) is 3.78. The molecular weight excluding hydrogens is 548 g/mol. The Balaban J connectivity index is 1.58. The molecule has 45 heavy (non-hydrogen) atoms. The molecular formula is C41H26N4. The van der Waals surface area contributed by atoms with Crippen molar-refractivity contribution < 1.29 is 0 Å². The van der Waals surface area contributed by atoms with Gasteiger partial charge >= 0.3 is 0 Å². The van der Waals surface area contributed by atoms with Gasteiger partial charge in [0.2, 0.25) is 0 Å². The van der Waals surface area contributed by atoms with Crippen LogP contribution in [0.1, 0.15) is 0 Å². The highest BCUT2D eigenvalue weighted by Gasteiger charge is 2.28. The normalized spacial score (nSPS) is 12.6. The van der Waals surface area contributed by atoms with Crippen LogP contribution in [0.4, 0.5) is 0 Å². The molecule has 0 unspecified atom stereocenters. The van der Waals surface area contributed by atoms with Crippen LogP contribution >= 0.6 is 0 Å². The molecule has 0 amide bonds. The van der Waals surface area contributed by atoms with E-state index in [0.717, 1.165) is 5.69 Å². The van der Waals surface area contributed by atoms with E-state index in [1.54, 1.807) is 0 Å². The second-order valence-corrected chi connectivity index (χ2v) is 12.2. The third-order valence-electron chi connectivity index (χ3n) is 10.1. The average molecular weight is 575 g/mol. The van der Waals surface area contributed by atoms with Gasteiger partial charge in [0.25, 0.3) is 0 Å². The van der Waals surface area contributed by atoms with Crippen molar-refractivity contribution in [3.8, 4) is 11.4 Å². The standard InChI is InChI=1S/C41H26N4/c1-42-33-22-12-19-29-35(33)36-34(42)24-23-30-37(36)45(38-27-17-8-10-20-31(27)43(40(29)38)25-13-4-2-5-14-25)39-28-18-9-11-21-32(28)44(41(30)39)26-15-6-3-7-16-26/h2-24H,1H3. The Kier molecular flexibility index (Phi) is 4.24. The predicted octanol–water partition coefficient (Wildman–Crippen LogP) is 10.4. The summed E-state index contributed by atoms with van der Waals surface area (Å²) in [5, 5.41) is 7.67. The third kappa shape index (κ3) is 2.70. The maximum atomic E-state index is 2.62. The molecule has 5 aromatic heterocycles. The van der Waals surface area contributed by atoms with Gasteiger partial charge < -0.3 is 18.1 Å². The molecule has 6 aromatic carbocycles. The predicted molar refractivity (Wildman–Crippen MR) is 189 cm³/mol. The fraction of sp³-hybridized carbons (Fsp3) is 0.0244. The summed E-state index contributed by atoms with van der Waals surface area (Å²) in [7, 11) is 2.21. The van der Waals surface area contributed by atoms with Crippen LogP contribution in [0.2, 0.25) is 0 Å². The van der Waals surface area contributed by atoms with E-state index >= 15 is 0 Å². The van der Waals surface area contributed by atoms with Crippen LogP contribution in [0.5, 0.6) is 0 Å². The second-order valence-electron chi connectivity index (χ2n) is 12.2. The Labute approximate surface area is 257 Å². The van der Waals surface area contributed by atoms with Crippen molar-refractivity contribution in [2.45, 2.75) is 0 Å². The van der Waals surface area contributed by atoms with E-state index in [4.69, 9.17) is 0 Å². The highest BCUT2D eigenvalue weighted by atomic mass is 15.1. The fourth-order valence-electron chi connectivity index (χ4n) is 8.36. The van der Waals surface area contributed by atoms with Gasteiger partial charge in [0.15, 0.2) is 0 Å². The van der Waals surface area contributed by atoms with Gasteiger partial charge in [-0.25, -0.2) is 0 Å². The van der Waals surface area contributed by atoms with Crippen molar-refractivity contribution in [3.05, 3.63) is 140 Å². The SMILES string of the molecule is Cn1c2cccc3c2c2c1ccc1c4c(c5ccccc5n4-c4ccccc4)n(c12)c1c2ccccc2n(-c2ccccc2)c31. The number of hydrogen-bond donors (Lipinski definition) is 0. The number of fused-ring (bicyclic) bond motifs is 10. The minimum atomic E-state index is 1.16. The van der Waals surface area contributed by atoms with Crippen LogP contribution in [0, 0.1) is 0 Å². The van der Waals surface area contributed by atoms with Crippen LogP contribution in [-0.4, -0.2) is 18.1 Å². The molecule has 0 bridgehead atoms. The summed E-state index contributed by atoms with van der Waals surface area (Å²) >= 11 is 0. The lowest BCUT2D eigenvalue weighted by atomic mass is 10.1. The lowest BCUT2D eigenvalue weighted by Gasteiger charge is -2.08. The molecule has 0 spiro atoms. The molecule has 0 fully saturated rings. The van der Waals surface area contributed by atoms with Crippen molar-refractivity contribution in [2.24, 2.45) is 7.05 Å². The Morgan fingerprint density at radius 1 is 0.333 bits per heavy atom. The van der Waals surface area contributed by atoms with E-state index in [2.05, 4.69) is 165 Å². The smallest absolute Gasteiger partial charge is 0.0805 e. The summed E-state index contributed by atoms with van der Waals surface area (Å²) in [5.41, 5.74) is 13.5. The quantitative estimate of drug-likeness (QED) is 0.196. The maximum absolute atomic E-state index is 2.62. The molecule has 4 heteroatoms. The summed E-state index contributed by atoms with van der Waals surface area (Å²) in [4.78, 5) is 0. The summed E-state index contributed by atoms with van der Waals surface area (Å²) in [6.07, 6.45) is 0. The molecule has 0 aliphatic rings. The fourth-order valence-corrected chi connectivity index (χ4v) is 8.36. The van der Waals surface area contributed by atoms with Crippen molar-refractivity contribution in [1.82, 2.24) is 18.1 Å². The van der Waals surface area contributed by atoms with E-state index in [-0.39, 0.29) is 0 Å². The first-order valence-electron chi connectivity index (χ1n) is 15.5. The zero-order valence-corrected chi connectivity index (χ0v) is 24.6. The summed E-state index contributed by atoms with van der Waals surface area (Å²) in [5.74, 6) is 0. The zero-order valence-electron chi connectivity index (χ0n) is 24.6. The van der Waals surface area contributed by atoms with Gasteiger partial charge in [0.05, 0.1) is 44.1 Å².